The summed E-state index contributed by atoms with van der Waals surface area (Å²) in [6.07, 6.45) is 6.64. The van der Waals surface area contributed by atoms with Crippen molar-refractivity contribution in [3.63, 3.8) is 0 Å². The van der Waals surface area contributed by atoms with Gasteiger partial charge in [0.25, 0.3) is 5.91 Å². The molecule has 2 fully saturated rings. The monoisotopic (exact) mass is 517 g/mol. The SMILES string of the molecule is CS(=O)(=O)Nc1cccnc1C1CCC(N2CC(NC(=O)CNC(=O)c3cccc(CF)c3)C2)CC1. The number of amides is 2. The van der Waals surface area contributed by atoms with Crippen molar-refractivity contribution < 1.29 is 22.4 Å². The summed E-state index contributed by atoms with van der Waals surface area (Å²) in [6, 6.07) is 10.2. The summed E-state index contributed by atoms with van der Waals surface area (Å²) in [4.78, 5) is 31.3. The molecule has 1 aromatic carbocycles. The van der Waals surface area contributed by atoms with Crippen LogP contribution >= 0.6 is 0 Å². The zero-order chi connectivity index (χ0) is 25.7. The highest BCUT2D eigenvalue weighted by atomic mass is 32.2. The Labute approximate surface area is 210 Å². The summed E-state index contributed by atoms with van der Waals surface area (Å²) in [5.41, 5.74) is 2.10. The molecule has 11 heteroatoms. The van der Waals surface area contributed by atoms with Gasteiger partial charge >= 0.3 is 0 Å². The number of likely N-dealkylation sites (tertiary alicyclic amines) is 1. The molecule has 194 valence electrons. The Morgan fingerprint density at radius 2 is 1.86 bits per heavy atom. The molecule has 3 N–H and O–H groups in total. The number of hydrogen-bond acceptors (Lipinski definition) is 6. The Kier molecular flexibility index (Phi) is 8.20. The maximum absolute atomic E-state index is 12.8. The van der Waals surface area contributed by atoms with Crippen molar-refractivity contribution in [3.8, 4) is 0 Å². The van der Waals surface area contributed by atoms with Crippen LogP contribution < -0.4 is 15.4 Å². The second kappa shape index (κ2) is 11.3. The van der Waals surface area contributed by atoms with Crippen LogP contribution in [0, 0.1) is 0 Å². The molecule has 1 saturated heterocycles. The first kappa shape index (κ1) is 26.0. The lowest BCUT2D eigenvalue weighted by atomic mass is 9.81. The number of alkyl halides is 1. The number of sulfonamides is 1. The first-order valence-electron chi connectivity index (χ1n) is 12.1. The number of nitrogens with one attached hydrogen (secondary N) is 3. The van der Waals surface area contributed by atoms with Crippen LogP contribution in [0.1, 0.15) is 53.2 Å². The van der Waals surface area contributed by atoms with Gasteiger partial charge in [-0.1, -0.05) is 12.1 Å². The molecule has 2 aromatic rings. The van der Waals surface area contributed by atoms with E-state index in [4.69, 9.17) is 0 Å². The molecule has 2 aliphatic rings. The fourth-order valence-corrected chi connectivity index (χ4v) is 5.55. The fraction of sp³-hybridized carbons (Fsp3) is 0.480. The molecular formula is C25H32FN5O4S. The van der Waals surface area contributed by atoms with Gasteiger partial charge in [-0.2, -0.15) is 0 Å². The Morgan fingerprint density at radius 1 is 1.11 bits per heavy atom. The number of anilines is 1. The van der Waals surface area contributed by atoms with E-state index in [2.05, 4.69) is 25.2 Å². The van der Waals surface area contributed by atoms with Crippen molar-refractivity contribution in [2.45, 2.75) is 50.4 Å². The van der Waals surface area contributed by atoms with E-state index >= 15 is 0 Å². The van der Waals surface area contributed by atoms with Crippen LogP contribution in [0.15, 0.2) is 42.6 Å². The average molecular weight is 518 g/mol. The number of rotatable bonds is 9. The predicted molar refractivity (Wildman–Crippen MR) is 135 cm³/mol. The highest BCUT2D eigenvalue weighted by molar-refractivity contribution is 7.92. The maximum Gasteiger partial charge on any atom is 0.251 e. The van der Waals surface area contributed by atoms with Crippen LogP contribution in [0.3, 0.4) is 0 Å². The lowest BCUT2D eigenvalue weighted by Crippen LogP contribution is -2.63. The van der Waals surface area contributed by atoms with Crippen molar-refractivity contribution in [3.05, 3.63) is 59.4 Å². The van der Waals surface area contributed by atoms with Crippen molar-refractivity contribution in [2.24, 2.45) is 0 Å². The Morgan fingerprint density at radius 3 is 2.56 bits per heavy atom. The third-order valence-electron chi connectivity index (χ3n) is 6.76. The van der Waals surface area contributed by atoms with E-state index in [1.807, 2.05) is 0 Å². The largest absolute Gasteiger partial charge is 0.349 e. The van der Waals surface area contributed by atoms with Gasteiger partial charge in [0.2, 0.25) is 15.9 Å². The first-order chi connectivity index (χ1) is 17.2. The molecule has 2 heterocycles. The minimum atomic E-state index is -3.37. The summed E-state index contributed by atoms with van der Waals surface area (Å²) in [7, 11) is -3.37. The minimum Gasteiger partial charge on any atom is -0.349 e. The van der Waals surface area contributed by atoms with Gasteiger partial charge in [-0.15, -0.1) is 0 Å². The average Bonchev–Trinajstić information content (AvgIpc) is 2.84. The van der Waals surface area contributed by atoms with Crippen molar-refractivity contribution in [1.29, 1.82) is 0 Å². The van der Waals surface area contributed by atoms with Crippen LogP contribution in [0.5, 0.6) is 0 Å². The number of carbonyl (C=O) groups is 2. The molecule has 1 saturated carbocycles. The van der Waals surface area contributed by atoms with Crippen LogP contribution in [-0.2, 0) is 21.5 Å². The maximum atomic E-state index is 12.8. The molecular weight excluding hydrogens is 485 g/mol. The Hall–Kier alpha value is -3.05. The van der Waals surface area contributed by atoms with Crippen molar-refractivity contribution >= 4 is 27.5 Å². The van der Waals surface area contributed by atoms with Crippen molar-refractivity contribution in [1.82, 2.24) is 20.5 Å². The molecule has 2 amide bonds. The lowest BCUT2D eigenvalue weighted by Gasteiger charge is -2.46. The van der Waals surface area contributed by atoms with E-state index in [1.165, 1.54) is 6.07 Å². The first-order valence-corrected chi connectivity index (χ1v) is 14.0. The number of aromatic nitrogens is 1. The van der Waals surface area contributed by atoms with E-state index < -0.39 is 22.6 Å². The standard InChI is InChI=1S/C25H32FN5O4S/c1-36(34,35)30-22-6-3-11-27-24(22)18-7-9-21(10-8-18)31-15-20(16-31)29-23(32)14-28-25(33)19-5-2-4-17(12-19)13-26/h2-6,11-12,18,20-21,30H,7-10,13-16H2,1H3,(H,28,33)(H,29,32). The second-order valence-corrected chi connectivity index (χ2v) is 11.3. The van der Waals surface area contributed by atoms with Gasteiger partial charge < -0.3 is 10.6 Å². The zero-order valence-corrected chi connectivity index (χ0v) is 21.1. The molecule has 1 aromatic heterocycles. The molecule has 36 heavy (non-hydrogen) atoms. The van der Waals surface area contributed by atoms with Gasteiger partial charge in [-0.25, -0.2) is 12.8 Å². The van der Waals surface area contributed by atoms with E-state index in [9.17, 15) is 22.4 Å². The van der Waals surface area contributed by atoms with Gasteiger partial charge in [-0.05, 0) is 55.5 Å². The summed E-state index contributed by atoms with van der Waals surface area (Å²) < 4.78 is 38.7. The topological polar surface area (TPSA) is 120 Å². The van der Waals surface area contributed by atoms with Crippen LogP contribution in [0.25, 0.3) is 0 Å². The fourth-order valence-electron chi connectivity index (χ4n) is 4.98. The summed E-state index contributed by atoms with van der Waals surface area (Å²) in [5, 5.41) is 5.53. The number of pyridine rings is 1. The van der Waals surface area contributed by atoms with Gasteiger partial charge in [0.1, 0.15) is 6.67 Å². The van der Waals surface area contributed by atoms with E-state index in [1.54, 1.807) is 36.5 Å². The highest BCUT2D eigenvalue weighted by Gasteiger charge is 2.36. The molecule has 0 unspecified atom stereocenters. The van der Waals surface area contributed by atoms with Crippen LogP contribution in [0.2, 0.25) is 0 Å². The van der Waals surface area contributed by atoms with E-state index in [0.29, 0.717) is 22.9 Å². The summed E-state index contributed by atoms with van der Waals surface area (Å²) in [5.74, 6) is -0.452. The minimum absolute atomic E-state index is 0.0448. The van der Waals surface area contributed by atoms with Gasteiger partial charge in [0.05, 0.1) is 30.2 Å². The smallest absolute Gasteiger partial charge is 0.251 e. The number of hydrogen-bond donors (Lipinski definition) is 3. The normalized spacial score (nSPS) is 20.8. The summed E-state index contributed by atoms with van der Waals surface area (Å²) >= 11 is 0. The molecule has 0 spiro atoms. The molecule has 4 rings (SSSR count). The molecule has 0 atom stereocenters. The lowest BCUT2D eigenvalue weighted by molar-refractivity contribution is -0.122. The molecule has 0 bridgehead atoms. The Bertz CT molecular complexity index is 1190. The number of carbonyl (C=O) groups excluding carboxylic acids is 2. The van der Waals surface area contributed by atoms with E-state index in [-0.39, 0.29) is 24.4 Å². The molecule has 0 radical (unpaired) electrons. The molecule has 1 aliphatic carbocycles. The third kappa shape index (κ3) is 6.79. The predicted octanol–water partition coefficient (Wildman–Crippen LogP) is 2.18. The quantitative estimate of drug-likeness (QED) is 0.469. The summed E-state index contributed by atoms with van der Waals surface area (Å²) in [6.45, 7) is 0.746. The van der Waals surface area contributed by atoms with Gasteiger partial charge in [0, 0.05) is 36.8 Å². The zero-order valence-electron chi connectivity index (χ0n) is 20.2. The Balaban J connectivity index is 1.18. The number of nitrogens with zero attached hydrogens (tertiary/aromatic N) is 2. The van der Waals surface area contributed by atoms with Gasteiger partial charge in [-0.3, -0.25) is 24.2 Å². The van der Waals surface area contributed by atoms with Gasteiger partial charge in [0.15, 0.2) is 0 Å². The highest BCUT2D eigenvalue weighted by Crippen LogP contribution is 2.38. The van der Waals surface area contributed by atoms with Crippen LogP contribution in [-0.4, -0.2) is 68.1 Å². The molecule has 9 nitrogen and oxygen atoms in total. The molecule has 1 aliphatic heterocycles. The third-order valence-corrected chi connectivity index (χ3v) is 7.35. The van der Waals surface area contributed by atoms with E-state index in [0.717, 1.165) is 50.7 Å². The second-order valence-electron chi connectivity index (χ2n) is 9.55. The number of benzene rings is 1. The van der Waals surface area contributed by atoms with Crippen molar-refractivity contribution in [2.75, 3.05) is 30.6 Å². The van der Waals surface area contributed by atoms with Crippen LogP contribution in [0.4, 0.5) is 10.1 Å². The number of halogens is 1.